The van der Waals surface area contributed by atoms with Gasteiger partial charge in [0.2, 0.25) is 0 Å². The molecule has 0 saturated carbocycles. The molecule has 0 fully saturated rings. The Morgan fingerprint density at radius 1 is 1.29 bits per heavy atom. The zero-order valence-electron chi connectivity index (χ0n) is 12.2. The summed E-state index contributed by atoms with van der Waals surface area (Å²) < 4.78 is 7.16. The van der Waals surface area contributed by atoms with E-state index in [2.05, 4.69) is 0 Å². The molecule has 5 heteroatoms. The Bertz CT molecular complexity index is 674. The highest BCUT2D eigenvalue weighted by Crippen LogP contribution is 2.13. The molecule has 2 N–H and O–H groups in total. The summed E-state index contributed by atoms with van der Waals surface area (Å²) in [6.45, 7) is 4.48. The molecule has 0 unspecified atom stereocenters. The molecule has 1 aromatic carbocycles. The highest BCUT2D eigenvalue weighted by Gasteiger charge is 2.14. The lowest BCUT2D eigenvalue weighted by molar-refractivity contribution is 0.296. The maximum atomic E-state index is 12.3. The minimum atomic E-state index is -0.463. The van der Waals surface area contributed by atoms with Gasteiger partial charge in [0.1, 0.15) is 6.61 Å². The number of ether oxygens (including phenoxy) is 1. The number of hydrogen-bond donors (Lipinski definition) is 1. The fourth-order valence-corrected chi connectivity index (χ4v) is 2.19. The van der Waals surface area contributed by atoms with E-state index in [-0.39, 0.29) is 5.56 Å². The molecule has 21 heavy (non-hydrogen) atoms. The van der Waals surface area contributed by atoms with Crippen molar-refractivity contribution >= 4 is 11.6 Å². The molecule has 0 aliphatic carbocycles. The highest BCUT2D eigenvalue weighted by atomic mass is 35.5. The first-order valence-electron chi connectivity index (χ1n) is 6.71. The Hall–Kier alpha value is -1.78. The summed E-state index contributed by atoms with van der Waals surface area (Å²) >= 11 is 5.92. The van der Waals surface area contributed by atoms with E-state index in [4.69, 9.17) is 22.1 Å². The van der Waals surface area contributed by atoms with Crippen molar-refractivity contribution in [3.05, 3.63) is 63.5 Å². The second kappa shape index (κ2) is 6.33. The van der Waals surface area contributed by atoms with Gasteiger partial charge in [0.15, 0.2) is 5.75 Å². The lowest BCUT2D eigenvalue weighted by atomic mass is 10.1. The van der Waals surface area contributed by atoms with Crippen LogP contribution in [0.25, 0.3) is 0 Å². The van der Waals surface area contributed by atoms with Crippen LogP contribution in [0.3, 0.4) is 0 Å². The third-order valence-electron chi connectivity index (χ3n) is 2.85. The number of aromatic nitrogens is 1. The maximum Gasteiger partial charge on any atom is 0.292 e. The van der Waals surface area contributed by atoms with Crippen molar-refractivity contribution in [2.45, 2.75) is 32.5 Å². The number of halogens is 1. The van der Waals surface area contributed by atoms with Gasteiger partial charge >= 0.3 is 0 Å². The van der Waals surface area contributed by atoms with E-state index < -0.39 is 5.54 Å². The first-order chi connectivity index (χ1) is 9.85. The molecule has 0 aliphatic rings. The van der Waals surface area contributed by atoms with Crippen LogP contribution in [0.2, 0.25) is 5.02 Å². The predicted octanol–water partition coefficient (Wildman–Crippen LogP) is 2.82. The van der Waals surface area contributed by atoms with Crippen LogP contribution in [-0.2, 0) is 13.2 Å². The number of benzene rings is 1. The molecule has 1 aromatic heterocycles. The Labute approximate surface area is 129 Å². The molecule has 0 amide bonds. The second-order valence-corrected chi connectivity index (χ2v) is 6.15. The smallest absolute Gasteiger partial charge is 0.292 e. The van der Waals surface area contributed by atoms with Gasteiger partial charge in [-0.25, -0.2) is 0 Å². The number of pyridine rings is 1. The van der Waals surface area contributed by atoms with Crippen molar-refractivity contribution in [2.75, 3.05) is 0 Å². The Morgan fingerprint density at radius 2 is 2.05 bits per heavy atom. The molecule has 2 rings (SSSR count). The van der Waals surface area contributed by atoms with Crippen LogP contribution in [0.15, 0.2) is 47.4 Å². The van der Waals surface area contributed by atoms with Gasteiger partial charge in [0.05, 0.1) is 0 Å². The minimum Gasteiger partial charge on any atom is -0.483 e. The average Bonchev–Trinajstić information content (AvgIpc) is 2.38. The van der Waals surface area contributed by atoms with E-state index in [1.807, 2.05) is 32.0 Å². The monoisotopic (exact) mass is 306 g/mol. The molecule has 0 bridgehead atoms. The molecular weight excluding hydrogens is 288 g/mol. The van der Waals surface area contributed by atoms with Gasteiger partial charge in [-0.05, 0) is 43.7 Å². The topological polar surface area (TPSA) is 57.2 Å². The fourth-order valence-electron chi connectivity index (χ4n) is 1.98. The maximum absolute atomic E-state index is 12.3. The largest absolute Gasteiger partial charge is 0.483 e. The molecule has 1 heterocycles. The van der Waals surface area contributed by atoms with E-state index in [0.29, 0.717) is 23.9 Å². The zero-order chi connectivity index (χ0) is 15.5. The van der Waals surface area contributed by atoms with Crippen LogP contribution in [0.1, 0.15) is 19.4 Å². The Morgan fingerprint density at radius 3 is 2.71 bits per heavy atom. The summed E-state index contributed by atoms with van der Waals surface area (Å²) in [5.74, 6) is 0.307. The lowest BCUT2D eigenvalue weighted by Crippen LogP contribution is -2.40. The normalized spacial score (nSPS) is 11.4. The van der Waals surface area contributed by atoms with Crippen molar-refractivity contribution in [1.82, 2.24) is 4.57 Å². The third kappa shape index (κ3) is 4.62. The van der Waals surface area contributed by atoms with Crippen molar-refractivity contribution < 1.29 is 4.74 Å². The number of nitrogens with two attached hydrogens (primary N) is 1. The summed E-state index contributed by atoms with van der Waals surface area (Å²) in [6.07, 6.45) is 1.71. The summed E-state index contributed by atoms with van der Waals surface area (Å²) in [5.41, 5.74) is 6.22. The quantitative estimate of drug-likeness (QED) is 0.924. The van der Waals surface area contributed by atoms with Crippen LogP contribution in [0, 0.1) is 0 Å². The lowest BCUT2D eigenvalue weighted by Gasteiger charge is -2.20. The summed E-state index contributed by atoms with van der Waals surface area (Å²) in [5, 5.41) is 0.645. The number of hydrogen-bond acceptors (Lipinski definition) is 3. The van der Waals surface area contributed by atoms with Gasteiger partial charge in [-0.1, -0.05) is 23.7 Å². The molecule has 0 atom stereocenters. The van der Waals surface area contributed by atoms with Crippen molar-refractivity contribution in [1.29, 1.82) is 0 Å². The van der Waals surface area contributed by atoms with E-state index in [1.165, 1.54) is 0 Å². The average molecular weight is 307 g/mol. The molecule has 0 aliphatic heterocycles. The number of nitrogens with zero attached hydrogens (tertiary/aromatic N) is 1. The fraction of sp³-hybridized carbons (Fsp3) is 0.312. The summed E-state index contributed by atoms with van der Waals surface area (Å²) in [6, 6.07) is 10.8. The SMILES string of the molecule is CC(C)(N)Cn1cccc(OCc2cccc(Cl)c2)c1=O. The van der Waals surface area contributed by atoms with Crippen molar-refractivity contribution in [3.8, 4) is 5.75 Å². The van der Waals surface area contributed by atoms with Crippen LogP contribution in [-0.4, -0.2) is 10.1 Å². The third-order valence-corrected chi connectivity index (χ3v) is 3.08. The molecule has 0 radical (unpaired) electrons. The van der Waals surface area contributed by atoms with E-state index in [9.17, 15) is 4.79 Å². The van der Waals surface area contributed by atoms with Gasteiger partial charge in [-0.2, -0.15) is 0 Å². The van der Waals surface area contributed by atoms with Gasteiger partial charge in [-0.15, -0.1) is 0 Å². The van der Waals surface area contributed by atoms with Crippen molar-refractivity contribution in [2.24, 2.45) is 5.73 Å². The Balaban J connectivity index is 2.14. The minimum absolute atomic E-state index is 0.182. The van der Waals surface area contributed by atoms with Crippen LogP contribution < -0.4 is 16.0 Å². The molecule has 0 saturated heterocycles. The van der Waals surface area contributed by atoms with Crippen LogP contribution in [0.5, 0.6) is 5.75 Å². The second-order valence-electron chi connectivity index (χ2n) is 5.71. The van der Waals surface area contributed by atoms with Crippen LogP contribution >= 0.6 is 11.6 Å². The molecule has 4 nitrogen and oxygen atoms in total. The van der Waals surface area contributed by atoms with Gasteiger partial charge in [0.25, 0.3) is 5.56 Å². The first kappa shape index (κ1) is 15.6. The first-order valence-corrected chi connectivity index (χ1v) is 7.08. The van der Waals surface area contributed by atoms with Crippen LogP contribution in [0.4, 0.5) is 0 Å². The van der Waals surface area contributed by atoms with Gasteiger partial charge in [0, 0.05) is 23.3 Å². The predicted molar refractivity (Wildman–Crippen MR) is 84.8 cm³/mol. The standard InChI is InChI=1S/C16H19ClN2O2/c1-16(2,18)11-19-8-4-7-14(15(19)20)21-10-12-5-3-6-13(17)9-12/h3-9H,10-11,18H2,1-2H3. The van der Waals surface area contributed by atoms with E-state index in [0.717, 1.165) is 5.56 Å². The zero-order valence-corrected chi connectivity index (χ0v) is 12.9. The molecule has 0 spiro atoms. The Kier molecular flexibility index (Phi) is 4.70. The summed E-state index contributed by atoms with van der Waals surface area (Å²) in [7, 11) is 0. The summed E-state index contributed by atoms with van der Waals surface area (Å²) in [4.78, 5) is 12.3. The van der Waals surface area contributed by atoms with Gasteiger partial charge in [-0.3, -0.25) is 4.79 Å². The molecular formula is C16H19ClN2O2. The van der Waals surface area contributed by atoms with Crippen molar-refractivity contribution in [3.63, 3.8) is 0 Å². The molecule has 112 valence electrons. The number of rotatable bonds is 5. The van der Waals surface area contributed by atoms with Gasteiger partial charge < -0.3 is 15.0 Å². The highest BCUT2D eigenvalue weighted by molar-refractivity contribution is 6.30. The van der Waals surface area contributed by atoms with E-state index >= 15 is 0 Å². The molecule has 2 aromatic rings. The van der Waals surface area contributed by atoms with E-state index in [1.54, 1.807) is 29.0 Å².